The number of nitrogens with two attached hydrogens (primary N) is 1. The molecule has 0 fully saturated rings. The predicted molar refractivity (Wildman–Crippen MR) is 69.8 cm³/mol. The first-order valence-electron chi connectivity index (χ1n) is 5.93. The van der Waals surface area contributed by atoms with E-state index in [1.807, 2.05) is 13.8 Å². The van der Waals surface area contributed by atoms with Crippen LogP contribution in [-0.2, 0) is 0 Å². The Bertz CT molecular complexity index is 402. The predicted octanol–water partition coefficient (Wildman–Crippen LogP) is 2.14. The normalized spacial score (nSPS) is 12.5. The number of rotatable bonds is 4. The van der Waals surface area contributed by atoms with Crippen molar-refractivity contribution in [1.29, 1.82) is 0 Å². The number of pyridine rings is 1. The zero-order valence-electron chi connectivity index (χ0n) is 10.9. The molecule has 3 N–H and O–H groups in total. The fraction of sp³-hybridized carbons (Fsp3) is 0.538. The Labute approximate surface area is 103 Å². The van der Waals surface area contributed by atoms with Gasteiger partial charge in [0.05, 0.1) is 5.56 Å². The minimum absolute atomic E-state index is 0.142. The molecular formula is C13H21N3O. The molecule has 0 saturated heterocycles. The number of nitrogen functional groups attached to an aromatic ring is 1. The lowest BCUT2D eigenvalue weighted by atomic mass is 10.0. The first-order valence-corrected chi connectivity index (χ1v) is 5.93. The second-order valence-corrected chi connectivity index (χ2v) is 4.92. The molecule has 1 rings (SSSR count). The Hall–Kier alpha value is -1.58. The monoisotopic (exact) mass is 235 g/mol. The minimum Gasteiger partial charge on any atom is -0.398 e. The zero-order chi connectivity index (χ0) is 13.0. The molecule has 1 heterocycles. The number of hydrogen-bond acceptors (Lipinski definition) is 3. The van der Waals surface area contributed by atoms with E-state index in [0.717, 1.165) is 12.1 Å². The first-order chi connectivity index (χ1) is 7.90. The zero-order valence-corrected chi connectivity index (χ0v) is 10.9. The van der Waals surface area contributed by atoms with Gasteiger partial charge in [0.25, 0.3) is 5.91 Å². The van der Waals surface area contributed by atoms with Crippen molar-refractivity contribution in [2.45, 2.75) is 40.2 Å². The van der Waals surface area contributed by atoms with Crippen molar-refractivity contribution < 1.29 is 4.79 Å². The van der Waals surface area contributed by atoms with Gasteiger partial charge in [0.2, 0.25) is 0 Å². The SMILES string of the molecule is Cc1cc(N)c(C(=O)NC(C)CC(C)C)cn1. The number of nitrogens with zero attached hydrogens (tertiary/aromatic N) is 1. The van der Waals surface area contributed by atoms with E-state index in [-0.39, 0.29) is 11.9 Å². The highest BCUT2D eigenvalue weighted by Gasteiger charge is 2.13. The van der Waals surface area contributed by atoms with Gasteiger partial charge in [-0.15, -0.1) is 0 Å². The summed E-state index contributed by atoms with van der Waals surface area (Å²) in [6.07, 6.45) is 2.48. The molecule has 1 amide bonds. The molecule has 0 bridgehead atoms. The molecule has 1 atom stereocenters. The van der Waals surface area contributed by atoms with Crippen molar-refractivity contribution in [1.82, 2.24) is 10.3 Å². The van der Waals surface area contributed by atoms with Crippen molar-refractivity contribution in [2.24, 2.45) is 5.92 Å². The Morgan fingerprint density at radius 1 is 1.47 bits per heavy atom. The lowest BCUT2D eigenvalue weighted by Gasteiger charge is -2.16. The van der Waals surface area contributed by atoms with Gasteiger partial charge in [-0.25, -0.2) is 0 Å². The Kier molecular flexibility index (Phi) is 4.49. The van der Waals surface area contributed by atoms with Gasteiger partial charge < -0.3 is 11.1 Å². The second kappa shape index (κ2) is 5.66. The second-order valence-electron chi connectivity index (χ2n) is 4.92. The summed E-state index contributed by atoms with van der Waals surface area (Å²) in [5, 5.41) is 2.93. The topological polar surface area (TPSA) is 68.0 Å². The van der Waals surface area contributed by atoms with Crippen molar-refractivity contribution in [3.05, 3.63) is 23.5 Å². The van der Waals surface area contributed by atoms with Crippen LogP contribution in [0.3, 0.4) is 0 Å². The minimum atomic E-state index is -0.150. The molecule has 94 valence electrons. The largest absolute Gasteiger partial charge is 0.398 e. The van der Waals surface area contributed by atoms with Crippen LogP contribution < -0.4 is 11.1 Å². The van der Waals surface area contributed by atoms with Crippen LogP contribution in [0.1, 0.15) is 43.2 Å². The van der Waals surface area contributed by atoms with Gasteiger partial charge in [0.15, 0.2) is 0 Å². The summed E-state index contributed by atoms with van der Waals surface area (Å²) in [5.74, 6) is 0.405. The summed E-state index contributed by atoms with van der Waals surface area (Å²) >= 11 is 0. The summed E-state index contributed by atoms with van der Waals surface area (Å²) in [4.78, 5) is 16.0. The van der Waals surface area contributed by atoms with Crippen LogP contribution in [-0.4, -0.2) is 16.9 Å². The first kappa shape index (κ1) is 13.5. The van der Waals surface area contributed by atoms with E-state index in [9.17, 15) is 4.79 Å². The van der Waals surface area contributed by atoms with E-state index in [1.54, 1.807) is 6.07 Å². The van der Waals surface area contributed by atoms with E-state index < -0.39 is 0 Å². The highest BCUT2D eigenvalue weighted by Crippen LogP contribution is 2.12. The van der Waals surface area contributed by atoms with Gasteiger partial charge in [0.1, 0.15) is 0 Å². The molecule has 4 nitrogen and oxygen atoms in total. The van der Waals surface area contributed by atoms with Crippen LogP contribution in [0.5, 0.6) is 0 Å². The summed E-state index contributed by atoms with van der Waals surface area (Å²) < 4.78 is 0. The quantitative estimate of drug-likeness (QED) is 0.840. The van der Waals surface area contributed by atoms with Crippen molar-refractivity contribution in [3.63, 3.8) is 0 Å². The van der Waals surface area contributed by atoms with Crippen molar-refractivity contribution in [3.8, 4) is 0 Å². The molecule has 1 aromatic rings. The molecule has 0 aromatic carbocycles. The van der Waals surface area contributed by atoms with Gasteiger partial charge in [-0.2, -0.15) is 0 Å². The molecular weight excluding hydrogens is 214 g/mol. The standard InChI is InChI=1S/C13H21N3O/c1-8(2)5-10(4)16-13(17)11-7-15-9(3)6-12(11)14/h6-8,10H,5H2,1-4H3,(H2,14,15)(H,16,17). The van der Waals surface area contributed by atoms with Crippen LogP contribution in [0.25, 0.3) is 0 Å². The van der Waals surface area contributed by atoms with Crippen molar-refractivity contribution >= 4 is 11.6 Å². The molecule has 0 aliphatic carbocycles. The number of carbonyl (C=O) groups excluding carboxylic acids is 1. The van der Waals surface area contributed by atoms with Crippen LogP contribution in [0, 0.1) is 12.8 Å². The van der Waals surface area contributed by atoms with Gasteiger partial charge in [-0.05, 0) is 32.3 Å². The fourth-order valence-corrected chi connectivity index (χ4v) is 1.84. The van der Waals surface area contributed by atoms with E-state index >= 15 is 0 Å². The molecule has 1 aromatic heterocycles. The van der Waals surface area contributed by atoms with Crippen LogP contribution in [0.15, 0.2) is 12.3 Å². The Morgan fingerprint density at radius 3 is 2.65 bits per heavy atom. The van der Waals surface area contributed by atoms with E-state index in [1.165, 1.54) is 6.20 Å². The van der Waals surface area contributed by atoms with Gasteiger partial charge in [-0.3, -0.25) is 9.78 Å². The third-order valence-electron chi connectivity index (χ3n) is 2.52. The third kappa shape index (κ3) is 4.06. The molecule has 4 heteroatoms. The van der Waals surface area contributed by atoms with Gasteiger partial charge in [0, 0.05) is 23.6 Å². The number of nitrogens with one attached hydrogen (secondary N) is 1. The number of aromatic nitrogens is 1. The molecule has 0 aliphatic heterocycles. The van der Waals surface area contributed by atoms with Crippen LogP contribution in [0.2, 0.25) is 0 Å². The van der Waals surface area contributed by atoms with E-state index in [0.29, 0.717) is 17.2 Å². The van der Waals surface area contributed by atoms with Gasteiger partial charge in [-0.1, -0.05) is 13.8 Å². The lowest BCUT2D eigenvalue weighted by molar-refractivity contribution is 0.0936. The van der Waals surface area contributed by atoms with E-state index in [2.05, 4.69) is 24.1 Å². The number of aryl methyl sites for hydroxylation is 1. The molecule has 0 saturated carbocycles. The molecule has 1 unspecified atom stereocenters. The molecule has 0 spiro atoms. The van der Waals surface area contributed by atoms with Crippen LogP contribution in [0.4, 0.5) is 5.69 Å². The number of amides is 1. The van der Waals surface area contributed by atoms with E-state index in [4.69, 9.17) is 5.73 Å². The third-order valence-corrected chi connectivity index (χ3v) is 2.52. The van der Waals surface area contributed by atoms with Gasteiger partial charge >= 0.3 is 0 Å². The molecule has 0 radical (unpaired) electrons. The lowest BCUT2D eigenvalue weighted by Crippen LogP contribution is -2.34. The highest BCUT2D eigenvalue weighted by molar-refractivity contribution is 5.98. The maximum Gasteiger partial charge on any atom is 0.255 e. The summed E-state index contributed by atoms with van der Waals surface area (Å²) in [6, 6.07) is 1.85. The Morgan fingerprint density at radius 2 is 2.12 bits per heavy atom. The average molecular weight is 235 g/mol. The number of anilines is 1. The fourth-order valence-electron chi connectivity index (χ4n) is 1.84. The maximum absolute atomic E-state index is 11.9. The number of hydrogen-bond donors (Lipinski definition) is 2. The summed E-state index contributed by atoms with van der Waals surface area (Å²) in [6.45, 7) is 8.10. The highest BCUT2D eigenvalue weighted by atomic mass is 16.1. The molecule has 0 aliphatic rings. The number of carbonyl (C=O) groups is 1. The van der Waals surface area contributed by atoms with Crippen molar-refractivity contribution in [2.75, 3.05) is 5.73 Å². The summed E-state index contributed by atoms with van der Waals surface area (Å²) in [7, 11) is 0. The Balaban J connectivity index is 2.70. The molecule has 17 heavy (non-hydrogen) atoms. The smallest absolute Gasteiger partial charge is 0.255 e. The maximum atomic E-state index is 11.9. The van der Waals surface area contributed by atoms with Crippen LogP contribution >= 0.6 is 0 Å². The summed E-state index contributed by atoms with van der Waals surface area (Å²) in [5.41, 5.74) is 7.54. The average Bonchev–Trinajstić information content (AvgIpc) is 2.15.